The fraction of sp³-hybridized carbons (Fsp3) is 0.182. The molecular weight excluding hydrogens is 483 g/mol. The summed E-state index contributed by atoms with van der Waals surface area (Å²) in [6.45, 7) is 3.36. The highest BCUT2D eigenvalue weighted by Gasteiger charge is 2.35. The predicted molar refractivity (Wildman–Crippen MR) is 123 cm³/mol. The SMILES string of the molecule is CCCn1cc(/C=C2\SC(=O)N(Cc3ccc(I)cc3)C2=O)c2ccccc21. The van der Waals surface area contributed by atoms with Gasteiger partial charge in [0.05, 0.1) is 11.4 Å². The van der Waals surface area contributed by atoms with Crippen LogP contribution in [0.4, 0.5) is 4.79 Å². The third kappa shape index (κ3) is 3.75. The van der Waals surface area contributed by atoms with Gasteiger partial charge in [-0.25, -0.2) is 0 Å². The van der Waals surface area contributed by atoms with Crippen molar-refractivity contribution in [3.8, 4) is 0 Å². The van der Waals surface area contributed by atoms with Gasteiger partial charge >= 0.3 is 0 Å². The Hall–Kier alpha value is -2.06. The lowest BCUT2D eigenvalue weighted by Crippen LogP contribution is -2.27. The van der Waals surface area contributed by atoms with Crippen LogP contribution in [-0.2, 0) is 17.9 Å². The normalized spacial score (nSPS) is 15.9. The highest BCUT2D eigenvalue weighted by Crippen LogP contribution is 2.35. The zero-order valence-corrected chi connectivity index (χ0v) is 18.4. The van der Waals surface area contributed by atoms with Gasteiger partial charge in [0, 0.05) is 32.8 Å². The first kappa shape index (κ1) is 19.3. The number of aromatic nitrogens is 1. The van der Waals surface area contributed by atoms with E-state index in [0.29, 0.717) is 11.4 Å². The van der Waals surface area contributed by atoms with Crippen LogP contribution in [-0.4, -0.2) is 20.6 Å². The molecule has 6 heteroatoms. The molecule has 1 saturated heterocycles. The number of nitrogens with zero attached hydrogens (tertiary/aromatic N) is 2. The Morgan fingerprint density at radius 2 is 1.82 bits per heavy atom. The van der Waals surface area contributed by atoms with Crippen molar-refractivity contribution in [3.05, 3.63) is 74.3 Å². The molecule has 0 N–H and O–H groups in total. The summed E-state index contributed by atoms with van der Waals surface area (Å²) in [7, 11) is 0. The van der Waals surface area contributed by atoms with E-state index < -0.39 is 0 Å². The Labute approximate surface area is 181 Å². The number of fused-ring (bicyclic) bond motifs is 1. The minimum atomic E-state index is -0.221. The average Bonchev–Trinajstić information content (AvgIpc) is 3.17. The lowest BCUT2D eigenvalue weighted by atomic mass is 10.1. The van der Waals surface area contributed by atoms with Crippen molar-refractivity contribution in [1.29, 1.82) is 0 Å². The van der Waals surface area contributed by atoms with Crippen molar-refractivity contribution in [1.82, 2.24) is 9.47 Å². The molecule has 0 saturated carbocycles. The third-order valence-corrected chi connectivity index (χ3v) is 6.32. The molecule has 4 rings (SSSR count). The zero-order chi connectivity index (χ0) is 19.7. The molecule has 0 unspecified atom stereocenters. The van der Waals surface area contributed by atoms with E-state index in [4.69, 9.17) is 0 Å². The number of benzene rings is 2. The molecule has 0 bridgehead atoms. The number of imide groups is 1. The first-order valence-electron chi connectivity index (χ1n) is 9.14. The maximum atomic E-state index is 12.9. The van der Waals surface area contributed by atoms with Crippen LogP contribution >= 0.6 is 34.4 Å². The van der Waals surface area contributed by atoms with E-state index in [1.807, 2.05) is 42.5 Å². The molecule has 1 aliphatic heterocycles. The van der Waals surface area contributed by atoms with E-state index in [9.17, 15) is 9.59 Å². The number of hydrogen-bond acceptors (Lipinski definition) is 3. The molecule has 1 fully saturated rings. The second kappa shape index (κ2) is 8.13. The minimum Gasteiger partial charge on any atom is -0.347 e. The van der Waals surface area contributed by atoms with Crippen LogP contribution < -0.4 is 0 Å². The Kier molecular flexibility index (Phi) is 5.59. The fourth-order valence-electron chi connectivity index (χ4n) is 3.37. The van der Waals surface area contributed by atoms with Gasteiger partial charge in [0.25, 0.3) is 11.1 Å². The standard InChI is InChI=1S/C22H19IN2O2S/c1-2-11-24-14-16(18-5-3-4-6-19(18)24)12-20-21(26)25(22(27)28-20)13-15-7-9-17(23)10-8-15/h3-10,12,14H,2,11,13H2,1H3/b20-12-. The topological polar surface area (TPSA) is 42.3 Å². The Balaban J connectivity index is 1.64. The van der Waals surface area contributed by atoms with Gasteiger partial charge in [-0.05, 0) is 70.6 Å². The predicted octanol–water partition coefficient (Wildman–Crippen LogP) is 5.89. The zero-order valence-electron chi connectivity index (χ0n) is 15.4. The average molecular weight is 502 g/mol. The Bertz CT molecular complexity index is 1090. The van der Waals surface area contributed by atoms with E-state index in [-0.39, 0.29) is 11.1 Å². The summed E-state index contributed by atoms with van der Waals surface area (Å²) in [5.41, 5.74) is 3.07. The first-order chi connectivity index (χ1) is 13.6. The number of para-hydroxylation sites is 1. The monoisotopic (exact) mass is 502 g/mol. The molecule has 28 heavy (non-hydrogen) atoms. The highest BCUT2D eigenvalue weighted by atomic mass is 127. The van der Waals surface area contributed by atoms with Crippen molar-refractivity contribution in [2.24, 2.45) is 0 Å². The summed E-state index contributed by atoms with van der Waals surface area (Å²) in [6.07, 6.45) is 4.96. The van der Waals surface area contributed by atoms with Gasteiger partial charge in [-0.3, -0.25) is 14.5 Å². The quantitative estimate of drug-likeness (QED) is 0.323. The number of amides is 2. The van der Waals surface area contributed by atoms with E-state index in [1.165, 1.54) is 4.90 Å². The highest BCUT2D eigenvalue weighted by molar-refractivity contribution is 14.1. The summed E-state index contributed by atoms with van der Waals surface area (Å²) < 4.78 is 3.33. The fourth-order valence-corrected chi connectivity index (χ4v) is 4.55. The first-order valence-corrected chi connectivity index (χ1v) is 11.0. The van der Waals surface area contributed by atoms with E-state index >= 15 is 0 Å². The van der Waals surface area contributed by atoms with Crippen molar-refractivity contribution >= 4 is 62.5 Å². The molecule has 0 radical (unpaired) electrons. The minimum absolute atomic E-state index is 0.216. The molecule has 0 spiro atoms. The maximum absolute atomic E-state index is 12.9. The van der Waals surface area contributed by atoms with E-state index in [0.717, 1.165) is 50.3 Å². The van der Waals surface area contributed by atoms with Gasteiger partial charge in [0.2, 0.25) is 0 Å². The molecule has 1 aliphatic rings. The van der Waals surface area contributed by atoms with Gasteiger partial charge < -0.3 is 4.57 Å². The van der Waals surface area contributed by atoms with E-state index in [1.54, 1.807) is 0 Å². The maximum Gasteiger partial charge on any atom is 0.293 e. The molecule has 142 valence electrons. The van der Waals surface area contributed by atoms with Crippen LogP contribution in [0.1, 0.15) is 24.5 Å². The van der Waals surface area contributed by atoms with Crippen LogP contribution in [0.5, 0.6) is 0 Å². The number of halogens is 1. The smallest absolute Gasteiger partial charge is 0.293 e. The van der Waals surface area contributed by atoms with Gasteiger partial charge in [0.15, 0.2) is 0 Å². The van der Waals surface area contributed by atoms with Crippen LogP contribution in [0.15, 0.2) is 59.6 Å². The van der Waals surface area contributed by atoms with Crippen LogP contribution in [0.2, 0.25) is 0 Å². The van der Waals surface area contributed by atoms with Crippen molar-refractivity contribution in [2.75, 3.05) is 0 Å². The molecule has 1 aromatic heterocycles. The molecule has 4 nitrogen and oxygen atoms in total. The molecule has 2 aromatic carbocycles. The van der Waals surface area contributed by atoms with Crippen LogP contribution in [0.3, 0.4) is 0 Å². The van der Waals surface area contributed by atoms with Gasteiger partial charge in [0.1, 0.15) is 0 Å². The van der Waals surface area contributed by atoms with Crippen molar-refractivity contribution < 1.29 is 9.59 Å². The number of carbonyl (C=O) groups is 2. The summed E-state index contributed by atoms with van der Waals surface area (Å²) >= 11 is 3.25. The molecule has 3 aromatic rings. The summed E-state index contributed by atoms with van der Waals surface area (Å²) in [5, 5.41) is 0.882. The molecular formula is C22H19IN2O2S. The summed E-state index contributed by atoms with van der Waals surface area (Å²) in [4.78, 5) is 27.1. The second-order valence-electron chi connectivity index (χ2n) is 6.69. The third-order valence-electron chi connectivity index (χ3n) is 4.70. The second-order valence-corrected chi connectivity index (χ2v) is 8.93. The van der Waals surface area contributed by atoms with Crippen LogP contribution in [0, 0.1) is 3.57 Å². The number of hydrogen-bond donors (Lipinski definition) is 0. The Morgan fingerprint density at radius 3 is 2.57 bits per heavy atom. The van der Waals surface area contributed by atoms with Gasteiger partial charge in [-0.2, -0.15) is 0 Å². The number of rotatable bonds is 5. The van der Waals surface area contributed by atoms with Crippen LogP contribution in [0.25, 0.3) is 17.0 Å². The van der Waals surface area contributed by atoms with Crippen molar-refractivity contribution in [3.63, 3.8) is 0 Å². The number of thioether (sulfide) groups is 1. The largest absolute Gasteiger partial charge is 0.347 e. The molecule has 0 aliphatic carbocycles. The Morgan fingerprint density at radius 1 is 1.07 bits per heavy atom. The summed E-state index contributed by atoms with van der Waals surface area (Å²) in [6, 6.07) is 16.0. The van der Waals surface area contributed by atoms with E-state index in [2.05, 4.69) is 52.4 Å². The summed E-state index contributed by atoms with van der Waals surface area (Å²) in [5.74, 6) is -0.221. The lowest BCUT2D eigenvalue weighted by Gasteiger charge is -2.12. The van der Waals surface area contributed by atoms with Gasteiger partial charge in [-0.1, -0.05) is 37.3 Å². The molecule has 2 heterocycles. The number of aryl methyl sites for hydroxylation is 1. The molecule has 0 atom stereocenters. The number of carbonyl (C=O) groups excluding carboxylic acids is 2. The molecule has 2 amide bonds. The van der Waals surface area contributed by atoms with Gasteiger partial charge in [-0.15, -0.1) is 0 Å². The lowest BCUT2D eigenvalue weighted by molar-refractivity contribution is -0.123. The van der Waals surface area contributed by atoms with Crippen molar-refractivity contribution in [2.45, 2.75) is 26.4 Å².